The Bertz CT molecular complexity index is 806. The van der Waals surface area contributed by atoms with E-state index >= 15 is 0 Å². The van der Waals surface area contributed by atoms with E-state index in [2.05, 4.69) is 0 Å². The van der Waals surface area contributed by atoms with Gasteiger partial charge in [0.2, 0.25) is 0 Å². The largest absolute Gasteiger partial charge is 0.508 e. The van der Waals surface area contributed by atoms with Gasteiger partial charge in [-0.3, -0.25) is 0 Å². The lowest BCUT2D eigenvalue weighted by molar-refractivity contribution is 0.0696. The van der Waals surface area contributed by atoms with E-state index in [1.165, 1.54) is 0 Å². The summed E-state index contributed by atoms with van der Waals surface area (Å²) in [6.45, 7) is 0. The highest BCUT2D eigenvalue weighted by molar-refractivity contribution is 5.87. The first-order chi connectivity index (χ1) is 11.5. The minimum atomic E-state index is -0.980. The van der Waals surface area contributed by atoms with Gasteiger partial charge in [0.25, 0.3) is 0 Å². The number of hydrogen-bond acceptors (Lipinski definition) is 3. The molecule has 3 aromatic rings. The first-order valence-corrected chi connectivity index (χ1v) is 7.46. The van der Waals surface area contributed by atoms with Crippen LogP contribution in [0.4, 0.5) is 0 Å². The van der Waals surface area contributed by atoms with E-state index in [1.807, 2.05) is 6.07 Å². The molecule has 0 unspecified atom stereocenters. The molecular formula is C20H16O4. The predicted octanol–water partition coefficient (Wildman–Crippen LogP) is 3.98. The minimum absolute atomic E-state index is 0.169. The summed E-state index contributed by atoms with van der Waals surface area (Å²) in [4.78, 5) is 11.3. The summed E-state index contributed by atoms with van der Waals surface area (Å²) in [5, 5.41) is 28.3. The zero-order chi connectivity index (χ0) is 17.1. The Morgan fingerprint density at radius 2 is 1.21 bits per heavy atom. The predicted molar refractivity (Wildman–Crippen MR) is 90.6 cm³/mol. The molecule has 0 radical (unpaired) electrons. The molecule has 0 bridgehead atoms. The summed E-state index contributed by atoms with van der Waals surface area (Å²) in [6.07, 6.45) is 0. The Balaban J connectivity index is 2.14. The van der Waals surface area contributed by atoms with Crippen LogP contribution >= 0.6 is 0 Å². The second-order valence-corrected chi connectivity index (χ2v) is 5.55. The van der Waals surface area contributed by atoms with E-state index in [0.29, 0.717) is 0 Å². The molecule has 0 fully saturated rings. The first kappa shape index (κ1) is 15.6. The fourth-order valence-electron chi connectivity index (χ4n) is 2.76. The summed E-state index contributed by atoms with van der Waals surface area (Å²) in [5.41, 5.74) is 2.88. The normalized spacial score (nSPS) is 10.7. The van der Waals surface area contributed by atoms with Gasteiger partial charge in [-0.25, -0.2) is 4.79 Å². The van der Waals surface area contributed by atoms with Crippen molar-refractivity contribution < 1.29 is 20.1 Å². The molecule has 0 aliphatic carbocycles. The van der Waals surface area contributed by atoms with Crippen LogP contribution in [0.2, 0.25) is 0 Å². The van der Waals surface area contributed by atoms with Crippen molar-refractivity contribution >= 4 is 5.97 Å². The van der Waals surface area contributed by atoms with Crippen molar-refractivity contribution in [2.45, 2.75) is 5.92 Å². The Morgan fingerprint density at radius 1 is 0.708 bits per heavy atom. The smallest absolute Gasteiger partial charge is 0.335 e. The van der Waals surface area contributed by atoms with Gasteiger partial charge in [0.15, 0.2) is 0 Å². The third-order valence-corrected chi connectivity index (χ3v) is 3.92. The monoisotopic (exact) mass is 320 g/mol. The number of carboxylic acid groups (broad SMARTS) is 1. The first-order valence-electron chi connectivity index (χ1n) is 7.46. The third kappa shape index (κ3) is 3.22. The van der Waals surface area contributed by atoms with E-state index in [1.54, 1.807) is 66.7 Å². The van der Waals surface area contributed by atoms with Crippen molar-refractivity contribution in [2.24, 2.45) is 0 Å². The summed E-state index contributed by atoms with van der Waals surface area (Å²) >= 11 is 0. The SMILES string of the molecule is O=C(O)c1cccc(C(c2ccc(O)cc2)c2ccc(O)cc2)c1. The molecule has 4 heteroatoms. The maximum absolute atomic E-state index is 11.3. The quantitative estimate of drug-likeness (QED) is 0.636. The molecular weight excluding hydrogens is 304 g/mol. The fourth-order valence-corrected chi connectivity index (χ4v) is 2.76. The second kappa shape index (κ2) is 6.46. The van der Waals surface area contributed by atoms with Gasteiger partial charge in [-0.2, -0.15) is 0 Å². The van der Waals surface area contributed by atoms with E-state index in [4.69, 9.17) is 0 Å². The number of phenolic OH excluding ortho intramolecular Hbond substituents is 2. The Labute approximate surface area is 139 Å². The molecule has 0 heterocycles. The van der Waals surface area contributed by atoms with Crippen LogP contribution in [0.15, 0.2) is 72.8 Å². The maximum Gasteiger partial charge on any atom is 0.335 e. The number of rotatable bonds is 4. The molecule has 0 aromatic heterocycles. The number of hydrogen-bond donors (Lipinski definition) is 3. The molecule has 0 atom stereocenters. The molecule has 3 rings (SSSR count). The summed E-state index contributed by atoms with van der Waals surface area (Å²) in [5.74, 6) is -0.845. The van der Waals surface area contributed by atoms with Gasteiger partial charge in [-0.15, -0.1) is 0 Å². The van der Waals surface area contributed by atoms with Crippen LogP contribution in [-0.2, 0) is 0 Å². The van der Waals surface area contributed by atoms with Crippen LogP contribution in [0.5, 0.6) is 11.5 Å². The number of carbonyl (C=O) groups is 1. The topological polar surface area (TPSA) is 77.8 Å². The number of aromatic carboxylic acids is 1. The van der Waals surface area contributed by atoms with Gasteiger partial charge in [0.1, 0.15) is 11.5 Å². The van der Waals surface area contributed by atoms with Crippen LogP contribution < -0.4 is 0 Å². The lowest BCUT2D eigenvalue weighted by Gasteiger charge is -2.19. The Morgan fingerprint density at radius 3 is 1.67 bits per heavy atom. The maximum atomic E-state index is 11.3. The molecule has 0 saturated carbocycles. The molecule has 0 saturated heterocycles. The van der Waals surface area contributed by atoms with Crippen LogP contribution in [-0.4, -0.2) is 21.3 Å². The summed E-state index contributed by atoms with van der Waals surface area (Å²) in [6, 6.07) is 20.4. The highest BCUT2D eigenvalue weighted by Crippen LogP contribution is 2.33. The zero-order valence-electron chi connectivity index (χ0n) is 12.8. The van der Waals surface area contributed by atoms with Crippen molar-refractivity contribution in [1.82, 2.24) is 0 Å². The molecule has 0 spiro atoms. The molecule has 0 aliphatic heterocycles. The van der Waals surface area contributed by atoms with Crippen molar-refractivity contribution in [3.63, 3.8) is 0 Å². The summed E-state index contributed by atoms with van der Waals surface area (Å²) in [7, 11) is 0. The molecule has 3 aromatic carbocycles. The van der Waals surface area contributed by atoms with Gasteiger partial charge >= 0.3 is 5.97 Å². The average Bonchev–Trinajstić information content (AvgIpc) is 2.59. The number of benzene rings is 3. The molecule has 120 valence electrons. The molecule has 4 nitrogen and oxygen atoms in total. The highest BCUT2D eigenvalue weighted by Gasteiger charge is 2.18. The van der Waals surface area contributed by atoms with Gasteiger partial charge < -0.3 is 15.3 Å². The zero-order valence-corrected chi connectivity index (χ0v) is 12.8. The third-order valence-electron chi connectivity index (χ3n) is 3.92. The minimum Gasteiger partial charge on any atom is -0.508 e. The van der Waals surface area contributed by atoms with Crippen molar-refractivity contribution in [1.29, 1.82) is 0 Å². The number of aromatic hydroxyl groups is 2. The fraction of sp³-hybridized carbons (Fsp3) is 0.0500. The molecule has 0 amide bonds. The summed E-state index contributed by atoms with van der Waals surface area (Å²) < 4.78 is 0. The van der Waals surface area contributed by atoms with Crippen LogP contribution in [0.25, 0.3) is 0 Å². The van der Waals surface area contributed by atoms with E-state index in [-0.39, 0.29) is 23.0 Å². The van der Waals surface area contributed by atoms with Crippen molar-refractivity contribution in [3.8, 4) is 11.5 Å². The number of phenols is 2. The second-order valence-electron chi connectivity index (χ2n) is 5.55. The van der Waals surface area contributed by atoms with Gasteiger partial charge in [0, 0.05) is 5.92 Å². The van der Waals surface area contributed by atoms with Crippen LogP contribution in [0, 0.1) is 0 Å². The van der Waals surface area contributed by atoms with E-state index in [0.717, 1.165) is 16.7 Å². The van der Waals surface area contributed by atoms with Crippen molar-refractivity contribution in [3.05, 3.63) is 95.1 Å². The van der Waals surface area contributed by atoms with Crippen LogP contribution in [0.1, 0.15) is 33.0 Å². The average molecular weight is 320 g/mol. The lowest BCUT2D eigenvalue weighted by atomic mass is 9.84. The Hall–Kier alpha value is -3.27. The highest BCUT2D eigenvalue weighted by atomic mass is 16.4. The molecule has 3 N–H and O–H groups in total. The standard InChI is InChI=1S/C20H16O4/c21-17-8-4-13(5-9-17)19(14-6-10-18(22)11-7-14)15-2-1-3-16(12-15)20(23)24/h1-12,19,21-22H,(H,23,24). The van der Waals surface area contributed by atoms with Crippen LogP contribution in [0.3, 0.4) is 0 Å². The van der Waals surface area contributed by atoms with E-state index in [9.17, 15) is 20.1 Å². The molecule has 24 heavy (non-hydrogen) atoms. The number of carboxylic acids is 1. The Kier molecular flexibility index (Phi) is 4.20. The van der Waals surface area contributed by atoms with Gasteiger partial charge in [-0.1, -0.05) is 36.4 Å². The van der Waals surface area contributed by atoms with Gasteiger partial charge in [-0.05, 0) is 53.1 Å². The molecule has 0 aliphatic rings. The lowest BCUT2D eigenvalue weighted by Crippen LogP contribution is -2.05. The van der Waals surface area contributed by atoms with Gasteiger partial charge in [0.05, 0.1) is 5.56 Å². The van der Waals surface area contributed by atoms with E-state index < -0.39 is 5.97 Å². The van der Waals surface area contributed by atoms with Crippen molar-refractivity contribution in [2.75, 3.05) is 0 Å².